The van der Waals surface area contributed by atoms with Crippen LogP contribution in [0.1, 0.15) is 47.0 Å². The molecule has 3 N–H and O–H groups in total. The summed E-state index contributed by atoms with van der Waals surface area (Å²) >= 11 is 0. The fourth-order valence-electron chi connectivity index (χ4n) is 1.60. The standard InChI is InChI=1S/C14H28N2O3/c1-10(2)8-16-13(17)9-15-12(4)7-5-6-11(3)14(18)19/h10-12,15H,5-9H2,1-4H3,(H,16,17)(H,18,19). The van der Waals surface area contributed by atoms with Crippen LogP contribution in [0.5, 0.6) is 0 Å². The van der Waals surface area contributed by atoms with Gasteiger partial charge >= 0.3 is 5.97 Å². The molecule has 0 heterocycles. The molecule has 0 aromatic heterocycles. The smallest absolute Gasteiger partial charge is 0.306 e. The number of carbonyl (C=O) groups excluding carboxylic acids is 1. The molecule has 1 amide bonds. The highest BCUT2D eigenvalue weighted by atomic mass is 16.4. The summed E-state index contributed by atoms with van der Waals surface area (Å²) in [6.45, 7) is 8.87. The van der Waals surface area contributed by atoms with E-state index in [1.54, 1.807) is 6.92 Å². The second-order valence-corrected chi connectivity index (χ2v) is 5.65. The molecule has 19 heavy (non-hydrogen) atoms. The molecule has 0 bridgehead atoms. The first-order valence-electron chi connectivity index (χ1n) is 7.05. The van der Waals surface area contributed by atoms with E-state index in [1.165, 1.54) is 0 Å². The summed E-state index contributed by atoms with van der Waals surface area (Å²) in [6.07, 6.45) is 2.42. The molecule has 0 spiro atoms. The van der Waals surface area contributed by atoms with Gasteiger partial charge < -0.3 is 15.7 Å². The first kappa shape index (κ1) is 17.9. The van der Waals surface area contributed by atoms with Gasteiger partial charge in [0.2, 0.25) is 5.91 Å². The van der Waals surface area contributed by atoms with Crippen LogP contribution in [0, 0.1) is 11.8 Å². The number of carbonyl (C=O) groups is 2. The zero-order valence-electron chi connectivity index (χ0n) is 12.5. The zero-order valence-corrected chi connectivity index (χ0v) is 12.5. The Bertz CT molecular complexity index is 280. The Morgan fingerprint density at radius 1 is 1.11 bits per heavy atom. The summed E-state index contributed by atoms with van der Waals surface area (Å²) in [5.41, 5.74) is 0. The van der Waals surface area contributed by atoms with E-state index in [0.29, 0.717) is 25.4 Å². The lowest BCUT2D eigenvalue weighted by Gasteiger charge is -2.15. The molecule has 0 rings (SSSR count). The van der Waals surface area contributed by atoms with Gasteiger partial charge in [-0.3, -0.25) is 9.59 Å². The molecule has 0 aromatic rings. The van der Waals surface area contributed by atoms with Gasteiger partial charge in [0, 0.05) is 12.6 Å². The van der Waals surface area contributed by atoms with Crippen LogP contribution < -0.4 is 10.6 Å². The van der Waals surface area contributed by atoms with E-state index in [2.05, 4.69) is 24.5 Å². The molecule has 0 fully saturated rings. The second-order valence-electron chi connectivity index (χ2n) is 5.65. The number of aliphatic carboxylic acids is 1. The third-order valence-corrected chi connectivity index (χ3v) is 3.01. The van der Waals surface area contributed by atoms with Gasteiger partial charge in [-0.15, -0.1) is 0 Å². The molecule has 2 unspecified atom stereocenters. The molecule has 0 aliphatic heterocycles. The van der Waals surface area contributed by atoms with Crippen LogP contribution in [0.25, 0.3) is 0 Å². The van der Waals surface area contributed by atoms with Gasteiger partial charge in [0.15, 0.2) is 0 Å². The van der Waals surface area contributed by atoms with Gasteiger partial charge in [0.25, 0.3) is 0 Å². The molecule has 0 aliphatic carbocycles. The van der Waals surface area contributed by atoms with Gasteiger partial charge in [-0.2, -0.15) is 0 Å². The van der Waals surface area contributed by atoms with Gasteiger partial charge in [-0.1, -0.05) is 27.2 Å². The molecule has 2 atom stereocenters. The first-order chi connectivity index (χ1) is 8.82. The van der Waals surface area contributed by atoms with E-state index < -0.39 is 5.97 Å². The van der Waals surface area contributed by atoms with Crippen LogP contribution in [0.4, 0.5) is 0 Å². The lowest BCUT2D eigenvalue weighted by molar-refractivity contribution is -0.141. The Kier molecular flexibility index (Phi) is 9.21. The topological polar surface area (TPSA) is 78.4 Å². The van der Waals surface area contributed by atoms with Crippen molar-refractivity contribution in [1.82, 2.24) is 10.6 Å². The Hall–Kier alpha value is -1.10. The predicted octanol–water partition coefficient (Wildman–Crippen LogP) is 1.63. The van der Waals surface area contributed by atoms with Crippen molar-refractivity contribution in [2.45, 2.75) is 53.0 Å². The summed E-state index contributed by atoms with van der Waals surface area (Å²) in [7, 11) is 0. The Morgan fingerprint density at radius 2 is 1.74 bits per heavy atom. The van der Waals surface area contributed by atoms with Crippen molar-refractivity contribution < 1.29 is 14.7 Å². The lowest BCUT2D eigenvalue weighted by Crippen LogP contribution is -2.39. The molecule has 0 saturated carbocycles. The summed E-state index contributed by atoms with van der Waals surface area (Å²) in [5, 5.41) is 14.8. The number of hydrogen-bond donors (Lipinski definition) is 3. The van der Waals surface area contributed by atoms with Gasteiger partial charge in [-0.25, -0.2) is 0 Å². The highest BCUT2D eigenvalue weighted by Gasteiger charge is 2.11. The number of carboxylic acid groups (broad SMARTS) is 1. The third-order valence-electron chi connectivity index (χ3n) is 3.01. The molecular formula is C14H28N2O3. The molecule has 0 aliphatic rings. The Balaban J connectivity index is 3.61. The summed E-state index contributed by atoms with van der Waals surface area (Å²) in [6, 6.07) is 0.228. The molecule has 0 aromatic carbocycles. The number of rotatable bonds is 10. The first-order valence-corrected chi connectivity index (χ1v) is 7.05. The molecule has 5 nitrogen and oxygen atoms in total. The molecular weight excluding hydrogens is 244 g/mol. The number of amides is 1. The minimum absolute atomic E-state index is 0.0134. The van der Waals surface area contributed by atoms with E-state index >= 15 is 0 Å². The average Bonchev–Trinajstić information content (AvgIpc) is 2.33. The second kappa shape index (κ2) is 9.78. The van der Waals surface area contributed by atoms with E-state index in [1.807, 2.05) is 6.92 Å². The monoisotopic (exact) mass is 272 g/mol. The highest BCUT2D eigenvalue weighted by Crippen LogP contribution is 2.09. The zero-order chi connectivity index (χ0) is 14.8. The summed E-state index contributed by atoms with van der Waals surface area (Å²) in [5.74, 6) is -0.562. The fourth-order valence-corrected chi connectivity index (χ4v) is 1.60. The van der Waals surface area contributed by atoms with Crippen molar-refractivity contribution in [3.8, 4) is 0 Å². The maximum absolute atomic E-state index is 11.5. The van der Waals surface area contributed by atoms with Crippen molar-refractivity contribution in [2.24, 2.45) is 11.8 Å². The van der Waals surface area contributed by atoms with E-state index in [4.69, 9.17) is 5.11 Å². The van der Waals surface area contributed by atoms with E-state index in [-0.39, 0.29) is 17.9 Å². The van der Waals surface area contributed by atoms with Crippen LogP contribution in [-0.4, -0.2) is 36.1 Å². The maximum Gasteiger partial charge on any atom is 0.306 e. The molecule has 112 valence electrons. The van der Waals surface area contributed by atoms with Crippen molar-refractivity contribution in [3.63, 3.8) is 0 Å². The fraction of sp³-hybridized carbons (Fsp3) is 0.857. The Labute approximate surface area is 116 Å². The van der Waals surface area contributed by atoms with Crippen LogP contribution in [0.3, 0.4) is 0 Å². The SMILES string of the molecule is CC(C)CNC(=O)CNC(C)CCCC(C)C(=O)O. The minimum Gasteiger partial charge on any atom is -0.481 e. The minimum atomic E-state index is -0.742. The predicted molar refractivity (Wildman–Crippen MR) is 76.0 cm³/mol. The van der Waals surface area contributed by atoms with E-state index in [9.17, 15) is 9.59 Å². The highest BCUT2D eigenvalue weighted by molar-refractivity contribution is 5.77. The molecule has 0 saturated heterocycles. The molecule has 5 heteroatoms. The summed E-state index contributed by atoms with van der Waals surface area (Å²) in [4.78, 5) is 22.1. The van der Waals surface area contributed by atoms with Crippen molar-refractivity contribution in [2.75, 3.05) is 13.1 Å². The van der Waals surface area contributed by atoms with Crippen LogP contribution in [-0.2, 0) is 9.59 Å². The largest absolute Gasteiger partial charge is 0.481 e. The van der Waals surface area contributed by atoms with Gasteiger partial charge in [0.05, 0.1) is 12.5 Å². The summed E-state index contributed by atoms with van der Waals surface area (Å²) < 4.78 is 0. The van der Waals surface area contributed by atoms with Crippen molar-refractivity contribution in [3.05, 3.63) is 0 Å². The van der Waals surface area contributed by atoms with Gasteiger partial charge in [-0.05, 0) is 25.7 Å². The Morgan fingerprint density at radius 3 is 2.26 bits per heavy atom. The number of hydrogen-bond acceptors (Lipinski definition) is 3. The van der Waals surface area contributed by atoms with Gasteiger partial charge in [0.1, 0.15) is 0 Å². The van der Waals surface area contributed by atoms with Crippen LogP contribution >= 0.6 is 0 Å². The van der Waals surface area contributed by atoms with E-state index in [0.717, 1.165) is 12.8 Å². The molecule has 0 radical (unpaired) electrons. The third kappa shape index (κ3) is 10.5. The normalized spacial score (nSPS) is 14.2. The quantitative estimate of drug-likeness (QED) is 0.565. The lowest BCUT2D eigenvalue weighted by atomic mass is 10.0. The average molecular weight is 272 g/mol. The number of nitrogens with one attached hydrogen (secondary N) is 2. The van der Waals surface area contributed by atoms with Crippen molar-refractivity contribution >= 4 is 11.9 Å². The van der Waals surface area contributed by atoms with Crippen LogP contribution in [0.2, 0.25) is 0 Å². The van der Waals surface area contributed by atoms with Crippen LogP contribution in [0.15, 0.2) is 0 Å². The number of carboxylic acids is 1. The van der Waals surface area contributed by atoms with Crippen molar-refractivity contribution in [1.29, 1.82) is 0 Å². The maximum atomic E-state index is 11.5.